The highest BCUT2D eigenvalue weighted by Crippen LogP contribution is 2.29. The van der Waals surface area contributed by atoms with Crippen molar-refractivity contribution >= 4 is 39.5 Å². The SMILES string of the molecule is N#C/C=C(\c1ccccc1)c1ccc2nc(N)n(C3=NCCS3)c2c1. The number of aromatic nitrogens is 2. The fraction of sp³-hybridized carbons (Fsp3) is 0.105. The lowest BCUT2D eigenvalue weighted by Gasteiger charge is -2.09. The van der Waals surface area contributed by atoms with Crippen molar-refractivity contribution in [3.8, 4) is 6.07 Å². The number of rotatable bonds is 2. The van der Waals surface area contributed by atoms with Gasteiger partial charge in [0, 0.05) is 11.8 Å². The summed E-state index contributed by atoms with van der Waals surface area (Å²) in [5.74, 6) is 1.39. The van der Waals surface area contributed by atoms with E-state index in [0.717, 1.165) is 45.2 Å². The Bertz CT molecular complexity index is 1040. The number of aliphatic imine (C=N–C) groups is 1. The average Bonchev–Trinajstić information content (AvgIpc) is 3.26. The molecule has 1 aliphatic heterocycles. The molecule has 6 heteroatoms. The second-order valence-electron chi connectivity index (χ2n) is 5.57. The minimum Gasteiger partial charge on any atom is -0.369 e. The highest BCUT2D eigenvalue weighted by atomic mass is 32.2. The molecular formula is C19H15N5S. The highest BCUT2D eigenvalue weighted by molar-refractivity contribution is 8.14. The van der Waals surface area contributed by atoms with Crippen LogP contribution in [0.5, 0.6) is 0 Å². The second-order valence-corrected chi connectivity index (χ2v) is 6.64. The molecule has 0 saturated carbocycles. The number of hydrogen-bond acceptors (Lipinski definition) is 5. The third-order valence-electron chi connectivity index (χ3n) is 4.05. The number of nitrogen functional groups attached to an aromatic ring is 1. The van der Waals surface area contributed by atoms with Gasteiger partial charge in [0.15, 0.2) is 5.17 Å². The van der Waals surface area contributed by atoms with Gasteiger partial charge in [0.2, 0.25) is 5.95 Å². The van der Waals surface area contributed by atoms with Crippen LogP contribution in [0.2, 0.25) is 0 Å². The van der Waals surface area contributed by atoms with E-state index in [-0.39, 0.29) is 0 Å². The van der Waals surface area contributed by atoms with Gasteiger partial charge in [-0.2, -0.15) is 5.26 Å². The zero-order valence-corrected chi connectivity index (χ0v) is 14.2. The summed E-state index contributed by atoms with van der Waals surface area (Å²) < 4.78 is 1.89. The van der Waals surface area contributed by atoms with Gasteiger partial charge in [-0.15, -0.1) is 0 Å². The third-order valence-corrected chi connectivity index (χ3v) is 5.00. The van der Waals surface area contributed by atoms with Gasteiger partial charge in [0.05, 0.1) is 23.6 Å². The molecule has 0 radical (unpaired) electrons. The molecule has 1 aromatic heterocycles. The van der Waals surface area contributed by atoms with Crippen molar-refractivity contribution in [1.82, 2.24) is 9.55 Å². The second kappa shape index (κ2) is 6.46. The van der Waals surface area contributed by atoms with Gasteiger partial charge in [0.1, 0.15) is 0 Å². The molecule has 3 aromatic rings. The lowest BCUT2D eigenvalue weighted by molar-refractivity contribution is 1.13. The van der Waals surface area contributed by atoms with E-state index in [2.05, 4.69) is 16.0 Å². The topological polar surface area (TPSA) is 80.0 Å². The summed E-state index contributed by atoms with van der Waals surface area (Å²) in [5, 5.41) is 10.1. The summed E-state index contributed by atoms with van der Waals surface area (Å²) >= 11 is 1.68. The van der Waals surface area contributed by atoms with Crippen LogP contribution in [0.1, 0.15) is 11.1 Å². The van der Waals surface area contributed by atoms with E-state index >= 15 is 0 Å². The van der Waals surface area contributed by atoms with Gasteiger partial charge in [0.25, 0.3) is 0 Å². The first kappa shape index (κ1) is 15.5. The lowest BCUT2D eigenvalue weighted by atomic mass is 9.97. The Morgan fingerprint density at radius 1 is 1.20 bits per heavy atom. The third kappa shape index (κ3) is 2.79. The van der Waals surface area contributed by atoms with Crippen molar-refractivity contribution in [3.05, 3.63) is 65.7 Å². The predicted octanol–water partition coefficient (Wildman–Crippen LogP) is 3.52. The first-order chi connectivity index (χ1) is 12.3. The lowest BCUT2D eigenvalue weighted by Crippen LogP contribution is -2.09. The standard InChI is InChI=1S/C19H15N5S/c20-9-8-15(13-4-2-1-3-5-13)14-6-7-16-17(12-14)24(18(21)23-16)19-22-10-11-25-19/h1-8,12H,10-11H2,(H2,21,23)/b15-8+. The molecule has 122 valence electrons. The molecule has 2 N–H and O–H groups in total. The van der Waals surface area contributed by atoms with Crippen molar-refractivity contribution < 1.29 is 0 Å². The van der Waals surface area contributed by atoms with E-state index < -0.39 is 0 Å². The molecule has 1 aliphatic rings. The molecule has 0 bridgehead atoms. The molecule has 0 atom stereocenters. The molecule has 5 nitrogen and oxygen atoms in total. The van der Waals surface area contributed by atoms with Gasteiger partial charge in [-0.1, -0.05) is 48.2 Å². The zero-order chi connectivity index (χ0) is 17.2. The first-order valence-corrected chi connectivity index (χ1v) is 8.87. The summed E-state index contributed by atoms with van der Waals surface area (Å²) in [6.45, 7) is 0.794. The molecular weight excluding hydrogens is 330 g/mol. The number of fused-ring (bicyclic) bond motifs is 1. The van der Waals surface area contributed by atoms with E-state index in [1.807, 2.05) is 53.1 Å². The van der Waals surface area contributed by atoms with Gasteiger partial charge < -0.3 is 5.73 Å². The maximum absolute atomic E-state index is 9.22. The number of nitriles is 1. The normalized spacial score (nSPS) is 14.5. The van der Waals surface area contributed by atoms with E-state index in [1.54, 1.807) is 17.8 Å². The van der Waals surface area contributed by atoms with Crippen LogP contribution < -0.4 is 5.73 Å². The van der Waals surface area contributed by atoms with Crippen LogP contribution in [0.25, 0.3) is 16.6 Å². The number of imidazole rings is 1. The molecule has 25 heavy (non-hydrogen) atoms. The smallest absolute Gasteiger partial charge is 0.207 e. The Kier molecular flexibility index (Phi) is 4.00. The van der Waals surface area contributed by atoms with Crippen molar-refractivity contribution in [2.24, 2.45) is 4.99 Å². The summed E-state index contributed by atoms with van der Waals surface area (Å²) in [6, 6.07) is 18.0. The zero-order valence-electron chi connectivity index (χ0n) is 13.4. The Morgan fingerprint density at radius 3 is 2.76 bits per heavy atom. The van der Waals surface area contributed by atoms with Crippen molar-refractivity contribution in [3.63, 3.8) is 0 Å². The number of anilines is 1. The van der Waals surface area contributed by atoms with Crippen molar-refractivity contribution in [2.45, 2.75) is 0 Å². The number of benzene rings is 2. The minimum absolute atomic E-state index is 0.436. The van der Waals surface area contributed by atoms with Crippen LogP contribution >= 0.6 is 11.8 Å². The fourth-order valence-corrected chi connectivity index (χ4v) is 3.81. The van der Waals surface area contributed by atoms with Crippen LogP contribution in [0, 0.1) is 11.3 Å². The maximum atomic E-state index is 9.22. The molecule has 2 heterocycles. The average molecular weight is 345 g/mol. The van der Waals surface area contributed by atoms with Crippen LogP contribution in [-0.2, 0) is 0 Å². The van der Waals surface area contributed by atoms with E-state index in [4.69, 9.17) is 5.73 Å². The van der Waals surface area contributed by atoms with Gasteiger partial charge in [-0.05, 0) is 28.8 Å². The molecule has 4 rings (SSSR count). The van der Waals surface area contributed by atoms with Crippen molar-refractivity contribution in [2.75, 3.05) is 18.0 Å². The molecule has 0 saturated heterocycles. The molecule has 0 aliphatic carbocycles. The fourth-order valence-electron chi connectivity index (χ4n) is 2.94. The Labute approximate surface area is 149 Å². The predicted molar refractivity (Wildman–Crippen MR) is 103 cm³/mol. The number of nitrogens with two attached hydrogens (primary N) is 1. The van der Waals surface area contributed by atoms with Crippen LogP contribution in [0.4, 0.5) is 5.95 Å². The minimum atomic E-state index is 0.436. The highest BCUT2D eigenvalue weighted by Gasteiger charge is 2.18. The number of hydrogen-bond donors (Lipinski definition) is 1. The molecule has 0 amide bonds. The van der Waals surface area contributed by atoms with Crippen LogP contribution in [0.3, 0.4) is 0 Å². The summed E-state index contributed by atoms with van der Waals surface area (Å²) in [6.07, 6.45) is 1.57. The van der Waals surface area contributed by atoms with Crippen LogP contribution in [-0.4, -0.2) is 27.0 Å². The molecule has 0 unspecified atom stereocenters. The molecule has 0 spiro atoms. The number of thioether (sulfide) groups is 1. The number of nitrogens with zero attached hydrogens (tertiary/aromatic N) is 4. The van der Waals surface area contributed by atoms with E-state index in [1.165, 1.54) is 0 Å². The van der Waals surface area contributed by atoms with Crippen LogP contribution in [0.15, 0.2) is 59.6 Å². The number of allylic oxidation sites excluding steroid dienone is 1. The summed E-state index contributed by atoms with van der Waals surface area (Å²) in [4.78, 5) is 8.95. The summed E-state index contributed by atoms with van der Waals surface area (Å²) in [5.41, 5.74) is 10.7. The molecule has 2 aromatic carbocycles. The monoisotopic (exact) mass is 345 g/mol. The maximum Gasteiger partial charge on any atom is 0.207 e. The van der Waals surface area contributed by atoms with Crippen molar-refractivity contribution in [1.29, 1.82) is 5.26 Å². The first-order valence-electron chi connectivity index (χ1n) is 7.89. The summed E-state index contributed by atoms with van der Waals surface area (Å²) in [7, 11) is 0. The Balaban J connectivity index is 1.90. The van der Waals surface area contributed by atoms with E-state index in [9.17, 15) is 5.26 Å². The van der Waals surface area contributed by atoms with Gasteiger partial charge in [-0.3, -0.25) is 9.56 Å². The molecule has 0 fully saturated rings. The Hall–Kier alpha value is -3.04. The Morgan fingerprint density at radius 2 is 2.04 bits per heavy atom. The largest absolute Gasteiger partial charge is 0.369 e. The van der Waals surface area contributed by atoms with Gasteiger partial charge in [-0.25, -0.2) is 4.98 Å². The van der Waals surface area contributed by atoms with Gasteiger partial charge >= 0.3 is 0 Å². The van der Waals surface area contributed by atoms with E-state index in [0.29, 0.717) is 5.95 Å². The quantitative estimate of drug-likeness (QED) is 0.721.